The van der Waals surface area contributed by atoms with Gasteiger partial charge in [0.1, 0.15) is 5.82 Å². The first-order valence-corrected chi connectivity index (χ1v) is 7.88. The van der Waals surface area contributed by atoms with Crippen molar-refractivity contribution in [2.75, 3.05) is 11.5 Å². The van der Waals surface area contributed by atoms with Crippen molar-refractivity contribution in [1.29, 1.82) is 0 Å². The van der Waals surface area contributed by atoms with Gasteiger partial charge in [-0.15, -0.1) is 0 Å². The second kappa shape index (κ2) is 6.57. The fourth-order valence-corrected chi connectivity index (χ4v) is 2.77. The fourth-order valence-electron chi connectivity index (χ4n) is 2.01. The van der Waals surface area contributed by atoms with Gasteiger partial charge in [-0.05, 0) is 13.0 Å². The number of thioether (sulfide) groups is 1. The summed E-state index contributed by atoms with van der Waals surface area (Å²) in [4.78, 5) is 20.9. The molecule has 0 fully saturated rings. The zero-order valence-electron chi connectivity index (χ0n) is 12.5. The van der Waals surface area contributed by atoms with Crippen molar-refractivity contribution in [3.8, 4) is 11.3 Å². The first kappa shape index (κ1) is 15.2. The Kier molecular flexibility index (Phi) is 4.33. The molecular formula is C15H15N7S. The molecule has 3 aromatic rings. The molecule has 0 aliphatic heterocycles. The Morgan fingerprint density at radius 2 is 1.61 bits per heavy atom. The van der Waals surface area contributed by atoms with E-state index in [4.69, 9.17) is 11.5 Å². The minimum absolute atomic E-state index is 0.114. The lowest BCUT2D eigenvalue weighted by atomic mass is 10.1. The smallest absolute Gasteiger partial charge is 0.225 e. The van der Waals surface area contributed by atoms with Crippen LogP contribution in [0.2, 0.25) is 0 Å². The highest BCUT2D eigenvalue weighted by Crippen LogP contribution is 2.23. The largest absolute Gasteiger partial charge is 0.368 e. The number of hydrogen-bond acceptors (Lipinski definition) is 8. The molecular weight excluding hydrogens is 310 g/mol. The third-order valence-corrected chi connectivity index (χ3v) is 3.79. The minimum atomic E-state index is 0.114. The van der Waals surface area contributed by atoms with Crippen LogP contribution in [-0.2, 0) is 5.75 Å². The molecule has 0 spiro atoms. The molecule has 0 radical (unpaired) electrons. The number of anilines is 2. The Morgan fingerprint density at radius 3 is 2.30 bits per heavy atom. The lowest BCUT2D eigenvalue weighted by Crippen LogP contribution is -2.06. The molecule has 0 amide bonds. The van der Waals surface area contributed by atoms with E-state index >= 15 is 0 Å². The summed E-state index contributed by atoms with van der Waals surface area (Å²) < 4.78 is 0. The van der Waals surface area contributed by atoms with E-state index in [-0.39, 0.29) is 11.9 Å². The Morgan fingerprint density at radius 1 is 0.913 bits per heavy atom. The van der Waals surface area contributed by atoms with E-state index in [9.17, 15) is 0 Å². The third kappa shape index (κ3) is 3.92. The maximum atomic E-state index is 5.57. The molecule has 0 bridgehead atoms. The summed E-state index contributed by atoms with van der Waals surface area (Å²) in [5, 5.41) is 0.654. The first-order chi connectivity index (χ1) is 11.1. The van der Waals surface area contributed by atoms with Crippen LogP contribution >= 0.6 is 11.8 Å². The van der Waals surface area contributed by atoms with Gasteiger partial charge in [-0.1, -0.05) is 42.1 Å². The van der Waals surface area contributed by atoms with Crippen LogP contribution in [0.15, 0.2) is 41.6 Å². The van der Waals surface area contributed by atoms with Crippen LogP contribution in [0.25, 0.3) is 11.3 Å². The molecule has 23 heavy (non-hydrogen) atoms. The van der Waals surface area contributed by atoms with Gasteiger partial charge in [0.15, 0.2) is 5.16 Å². The van der Waals surface area contributed by atoms with Gasteiger partial charge in [-0.3, -0.25) is 0 Å². The van der Waals surface area contributed by atoms with E-state index in [0.29, 0.717) is 16.7 Å². The fraction of sp³-hybridized carbons (Fsp3) is 0.133. The standard InChI is InChI=1S/C15H15N7S/c1-9-7-11(10-5-3-2-4-6-10)19-15(18-9)23-8-12-20-13(16)22-14(17)21-12/h2-7H,8H2,1H3,(H4,16,17,20,21,22). The van der Waals surface area contributed by atoms with Crippen LogP contribution in [0.1, 0.15) is 11.5 Å². The van der Waals surface area contributed by atoms with Crippen LogP contribution in [0.3, 0.4) is 0 Å². The number of rotatable bonds is 4. The number of nitrogen functional groups attached to an aromatic ring is 2. The van der Waals surface area contributed by atoms with Gasteiger partial charge in [0.05, 0.1) is 11.4 Å². The lowest BCUT2D eigenvalue weighted by Gasteiger charge is -2.06. The highest BCUT2D eigenvalue weighted by Gasteiger charge is 2.08. The van der Waals surface area contributed by atoms with Gasteiger partial charge in [0, 0.05) is 11.3 Å². The Hall–Kier alpha value is -2.74. The number of nitrogens with two attached hydrogens (primary N) is 2. The molecule has 0 atom stereocenters. The topological polar surface area (TPSA) is 116 Å². The highest BCUT2D eigenvalue weighted by atomic mass is 32.2. The average molecular weight is 325 g/mol. The predicted octanol–water partition coefficient (Wildman–Crippen LogP) is 2.09. The van der Waals surface area contributed by atoms with Crippen molar-refractivity contribution in [1.82, 2.24) is 24.9 Å². The summed E-state index contributed by atoms with van der Waals surface area (Å²) in [6.45, 7) is 1.94. The highest BCUT2D eigenvalue weighted by molar-refractivity contribution is 7.98. The van der Waals surface area contributed by atoms with Crippen molar-refractivity contribution >= 4 is 23.7 Å². The SMILES string of the molecule is Cc1cc(-c2ccccc2)nc(SCc2nc(N)nc(N)n2)n1. The molecule has 1 aromatic carbocycles. The molecule has 7 nitrogen and oxygen atoms in total. The molecule has 0 saturated carbocycles. The monoisotopic (exact) mass is 325 g/mol. The van der Waals surface area contributed by atoms with E-state index in [1.165, 1.54) is 11.8 Å². The molecule has 3 rings (SSSR count). The van der Waals surface area contributed by atoms with Crippen LogP contribution < -0.4 is 11.5 Å². The van der Waals surface area contributed by atoms with Gasteiger partial charge in [0.25, 0.3) is 0 Å². The van der Waals surface area contributed by atoms with Gasteiger partial charge < -0.3 is 11.5 Å². The summed E-state index contributed by atoms with van der Waals surface area (Å²) >= 11 is 1.43. The molecule has 0 unspecified atom stereocenters. The van der Waals surface area contributed by atoms with Gasteiger partial charge in [0.2, 0.25) is 11.9 Å². The van der Waals surface area contributed by atoms with Crippen LogP contribution in [0.4, 0.5) is 11.9 Å². The summed E-state index contributed by atoms with van der Waals surface area (Å²) in [6.07, 6.45) is 0. The van der Waals surface area contributed by atoms with Crippen molar-refractivity contribution in [2.45, 2.75) is 17.8 Å². The molecule has 0 aliphatic rings. The zero-order chi connectivity index (χ0) is 16.2. The number of aryl methyl sites for hydroxylation is 1. The van der Waals surface area contributed by atoms with Crippen LogP contribution in [-0.4, -0.2) is 24.9 Å². The van der Waals surface area contributed by atoms with E-state index < -0.39 is 0 Å². The second-order valence-electron chi connectivity index (χ2n) is 4.80. The molecule has 0 saturated heterocycles. The average Bonchev–Trinajstić information content (AvgIpc) is 2.52. The molecule has 2 heterocycles. The molecule has 2 aromatic heterocycles. The van der Waals surface area contributed by atoms with E-state index in [1.54, 1.807) is 0 Å². The Bertz CT molecular complexity index is 803. The third-order valence-electron chi connectivity index (χ3n) is 2.95. The van der Waals surface area contributed by atoms with Gasteiger partial charge >= 0.3 is 0 Å². The van der Waals surface area contributed by atoms with Crippen molar-refractivity contribution < 1.29 is 0 Å². The van der Waals surface area contributed by atoms with E-state index in [1.807, 2.05) is 43.3 Å². The van der Waals surface area contributed by atoms with Gasteiger partial charge in [-0.2, -0.15) is 15.0 Å². The van der Waals surface area contributed by atoms with Crippen molar-refractivity contribution in [3.05, 3.63) is 47.9 Å². The molecule has 0 aliphatic carbocycles. The first-order valence-electron chi connectivity index (χ1n) is 6.90. The normalized spacial score (nSPS) is 10.7. The molecule has 4 N–H and O–H groups in total. The number of nitrogens with zero attached hydrogens (tertiary/aromatic N) is 5. The molecule has 8 heteroatoms. The van der Waals surface area contributed by atoms with E-state index in [0.717, 1.165) is 17.0 Å². The van der Waals surface area contributed by atoms with Crippen molar-refractivity contribution in [2.24, 2.45) is 0 Å². The molecule has 116 valence electrons. The van der Waals surface area contributed by atoms with Gasteiger partial charge in [-0.25, -0.2) is 9.97 Å². The number of aromatic nitrogens is 5. The van der Waals surface area contributed by atoms with E-state index in [2.05, 4.69) is 24.9 Å². The summed E-state index contributed by atoms with van der Waals surface area (Å²) in [6, 6.07) is 11.9. The number of benzene rings is 1. The van der Waals surface area contributed by atoms with Crippen molar-refractivity contribution in [3.63, 3.8) is 0 Å². The zero-order valence-corrected chi connectivity index (χ0v) is 13.3. The van der Waals surface area contributed by atoms with Crippen LogP contribution in [0, 0.1) is 6.92 Å². The predicted molar refractivity (Wildman–Crippen MR) is 90.4 cm³/mol. The maximum absolute atomic E-state index is 5.57. The number of hydrogen-bond donors (Lipinski definition) is 2. The second-order valence-corrected chi connectivity index (χ2v) is 5.74. The summed E-state index contributed by atoms with van der Waals surface area (Å²) in [7, 11) is 0. The van der Waals surface area contributed by atoms with Crippen LogP contribution in [0.5, 0.6) is 0 Å². The summed E-state index contributed by atoms with van der Waals surface area (Å²) in [5.74, 6) is 1.20. The Labute approximate surface area is 137 Å². The quantitative estimate of drug-likeness (QED) is 0.553. The maximum Gasteiger partial charge on any atom is 0.225 e. The Balaban J connectivity index is 1.82. The lowest BCUT2D eigenvalue weighted by molar-refractivity contribution is 0.929. The summed E-state index contributed by atoms with van der Waals surface area (Å²) in [5.41, 5.74) is 14.0. The minimum Gasteiger partial charge on any atom is -0.368 e.